The topological polar surface area (TPSA) is 58.2 Å². The average Bonchev–Trinajstić information content (AvgIpc) is 2.74. The van der Waals surface area contributed by atoms with Crippen molar-refractivity contribution in [1.82, 2.24) is 10.2 Å². The van der Waals surface area contributed by atoms with Gasteiger partial charge in [0.1, 0.15) is 6.61 Å². The van der Waals surface area contributed by atoms with Gasteiger partial charge in [-0.05, 0) is 13.8 Å². The molecule has 1 aromatic heterocycles. The summed E-state index contributed by atoms with van der Waals surface area (Å²) in [7, 11) is 0. The summed E-state index contributed by atoms with van der Waals surface area (Å²) in [6.07, 6.45) is -0.608. The standard InChI is InChI=1S/C13H20Cl3N3O2/c1-8(2)19(11(20)21-7-13(14,15)16)10-6-9(17-18-10)12(3,4)5/h6,8H,7H2,1-5H3,(H,17,18). The quantitative estimate of drug-likeness (QED) is 0.815. The lowest BCUT2D eigenvalue weighted by Gasteiger charge is -2.24. The molecular formula is C13H20Cl3N3O2. The predicted octanol–water partition coefficient (Wildman–Crippen LogP) is 4.43. The lowest BCUT2D eigenvalue weighted by molar-refractivity contribution is 0.154. The van der Waals surface area contributed by atoms with Gasteiger partial charge in [0.2, 0.25) is 3.79 Å². The van der Waals surface area contributed by atoms with E-state index in [1.54, 1.807) is 0 Å². The Morgan fingerprint density at radius 1 is 1.38 bits per heavy atom. The number of anilines is 1. The number of alkyl halides is 3. The lowest BCUT2D eigenvalue weighted by Crippen LogP contribution is -2.39. The van der Waals surface area contributed by atoms with E-state index in [-0.39, 0.29) is 18.1 Å². The fraction of sp³-hybridized carbons (Fsp3) is 0.692. The summed E-state index contributed by atoms with van der Waals surface area (Å²) in [6, 6.07) is 1.67. The van der Waals surface area contributed by atoms with Gasteiger partial charge in [-0.2, -0.15) is 5.10 Å². The van der Waals surface area contributed by atoms with E-state index in [0.29, 0.717) is 5.82 Å². The van der Waals surface area contributed by atoms with Crippen molar-refractivity contribution in [2.45, 2.75) is 49.9 Å². The number of carbonyl (C=O) groups excluding carboxylic acids is 1. The number of ether oxygens (including phenoxy) is 1. The molecule has 0 spiro atoms. The van der Waals surface area contributed by atoms with Gasteiger partial charge in [0.25, 0.3) is 0 Å². The third-order valence-corrected chi connectivity index (χ3v) is 3.02. The highest BCUT2D eigenvalue weighted by atomic mass is 35.6. The minimum absolute atomic E-state index is 0.102. The smallest absolute Gasteiger partial charge is 0.415 e. The number of aromatic amines is 1. The van der Waals surface area contributed by atoms with Crippen molar-refractivity contribution in [3.63, 3.8) is 0 Å². The van der Waals surface area contributed by atoms with Crippen LogP contribution >= 0.6 is 34.8 Å². The first-order valence-corrected chi connectivity index (χ1v) is 7.64. The van der Waals surface area contributed by atoms with E-state index in [2.05, 4.69) is 10.2 Å². The lowest BCUT2D eigenvalue weighted by atomic mass is 9.92. The molecule has 5 nitrogen and oxygen atoms in total. The van der Waals surface area contributed by atoms with Gasteiger partial charge in [0, 0.05) is 23.2 Å². The number of amides is 1. The second kappa shape index (κ2) is 6.63. The van der Waals surface area contributed by atoms with E-state index >= 15 is 0 Å². The van der Waals surface area contributed by atoms with Crippen LogP contribution in [0.2, 0.25) is 0 Å². The van der Waals surface area contributed by atoms with Crippen LogP contribution < -0.4 is 4.90 Å². The van der Waals surface area contributed by atoms with Crippen molar-refractivity contribution in [2.24, 2.45) is 0 Å². The van der Waals surface area contributed by atoms with E-state index in [0.717, 1.165) is 5.69 Å². The van der Waals surface area contributed by atoms with Gasteiger partial charge in [-0.25, -0.2) is 4.79 Å². The molecule has 0 unspecified atom stereocenters. The zero-order valence-corrected chi connectivity index (χ0v) is 15.0. The molecule has 120 valence electrons. The monoisotopic (exact) mass is 355 g/mol. The Morgan fingerprint density at radius 2 is 1.95 bits per heavy atom. The predicted molar refractivity (Wildman–Crippen MR) is 86.5 cm³/mol. The first kappa shape index (κ1) is 18.4. The Hall–Kier alpha value is -0.650. The summed E-state index contributed by atoms with van der Waals surface area (Å²) in [5, 5.41) is 7.10. The van der Waals surface area contributed by atoms with Crippen molar-refractivity contribution in [3.05, 3.63) is 11.8 Å². The largest absolute Gasteiger partial charge is 0.445 e. The van der Waals surface area contributed by atoms with Crippen molar-refractivity contribution in [1.29, 1.82) is 0 Å². The molecule has 0 saturated carbocycles. The van der Waals surface area contributed by atoms with Crippen LogP contribution in [0.3, 0.4) is 0 Å². The molecule has 1 rings (SSSR count). The summed E-state index contributed by atoms with van der Waals surface area (Å²) in [5.41, 5.74) is 0.812. The molecule has 0 bridgehead atoms. The second-order valence-electron chi connectivity index (χ2n) is 6.02. The maximum Gasteiger partial charge on any atom is 0.415 e. The van der Waals surface area contributed by atoms with E-state index in [1.807, 2.05) is 40.7 Å². The maximum atomic E-state index is 12.2. The Bertz CT molecular complexity index is 490. The van der Waals surface area contributed by atoms with Crippen LogP contribution in [0.25, 0.3) is 0 Å². The first-order valence-electron chi connectivity index (χ1n) is 6.50. The summed E-state index contributed by atoms with van der Waals surface area (Å²) in [5.74, 6) is 0.476. The molecule has 0 atom stereocenters. The van der Waals surface area contributed by atoms with Crippen LogP contribution in [-0.4, -0.2) is 32.7 Å². The van der Waals surface area contributed by atoms with Crippen LogP contribution in [0.1, 0.15) is 40.3 Å². The molecule has 1 heterocycles. The average molecular weight is 357 g/mol. The van der Waals surface area contributed by atoms with E-state index in [1.165, 1.54) is 4.90 Å². The highest BCUT2D eigenvalue weighted by Crippen LogP contribution is 2.28. The molecular weight excluding hydrogens is 337 g/mol. The second-order valence-corrected chi connectivity index (χ2v) is 8.54. The summed E-state index contributed by atoms with van der Waals surface area (Å²) < 4.78 is 3.38. The molecule has 0 fully saturated rings. The Morgan fingerprint density at radius 3 is 2.33 bits per heavy atom. The molecule has 0 saturated heterocycles. The van der Waals surface area contributed by atoms with Crippen molar-refractivity contribution in [2.75, 3.05) is 11.5 Å². The molecule has 8 heteroatoms. The molecule has 21 heavy (non-hydrogen) atoms. The SMILES string of the molecule is CC(C)N(C(=O)OCC(Cl)(Cl)Cl)c1cc(C(C)(C)C)[nH]n1. The summed E-state index contributed by atoms with van der Waals surface area (Å²) in [4.78, 5) is 13.6. The highest BCUT2D eigenvalue weighted by molar-refractivity contribution is 6.67. The highest BCUT2D eigenvalue weighted by Gasteiger charge is 2.28. The van der Waals surface area contributed by atoms with E-state index in [9.17, 15) is 4.79 Å². The van der Waals surface area contributed by atoms with Crippen molar-refractivity contribution >= 4 is 46.7 Å². The zero-order valence-electron chi connectivity index (χ0n) is 12.7. The Balaban J connectivity index is 2.92. The molecule has 0 aromatic carbocycles. The van der Waals surface area contributed by atoms with Crippen LogP contribution in [0.15, 0.2) is 6.07 Å². The van der Waals surface area contributed by atoms with Gasteiger partial charge < -0.3 is 4.74 Å². The Kier molecular flexibility index (Phi) is 5.81. The molecule has 0 radical (unpaired) electrons. The Labute approximate surface area is 139 Å². The van der Waals surface area contributed by atoms with Gasteiger partial charge in [-0.15, -0.1) is 0 Å². The number of halogens is 3. The molecule has 1 amide bonds. The summed E-state index contributed by atoms with van der Waals surface area (Å²) in [6.45, 7) is 9.52. The minimum atomic E-state index is -1.64. The van der Waals surface area contributed by atoms with Crippen LogP contribution in [0.5, 0.6) is 0 Å². The van der Waals surface area contributed by atoms with Crippen molar-refractivity contribution in [3.8, 4) is 0 Å². The van der Waals surface area contributed by atoms with E-state index in [4.69, 9.17) is 39.5 Å². The third kappa shape index (κ3) is 5.57. The number of carbonyl (C=O) groups is 1. The van der Waals surface area contributed by atoms with Gasteiger partial charge in [-0.1, -0.05) is 55.6 Å². The number of nitrogens with zero attached hydrogens (tertiary/aromatic N) is 2. The maximum absolute atomic E-state index is 12.2. The van der Waals surface area contributed by atoms with Crippen LogP contribution in [-0.2, 0) is 10.2 Å². The first-order chi connectivity index (χ1) is 9.42. The third-order valence-electron chi connectivity index (χ3n) is 2.69. The van der Waals surface area contributed by atoms with Gasteiger partial charge in [0.15, 0.2) is 5.82 Å². The minimum Gasteiger partial charge on any atom is -0.445 e. The van der Waals surface area contributed by atoms with Crippen molar-refractivity contribution < 1.29 is 9.53 Å². The number of rotatable bonds is 3. The number of hydrogen-bond acceptors (Lipinski definition) is 3. The fourth-order valence-corrected chi connectivity index (χ4v) is 1.76. The fourth-order valence-electron chi connectivity index (χ4n) is 1.60. The summed E-state index contributed by atoms with van der Waals surface area (Å²) >= 11 is 16.8. The number of H-pyrrole nitrogens is 1. The number of nitrogens with one attached hydrogen (secondary N) is 1. The normalized spacial score (nSPS) is 12.6. The van der Waals surface area contributed by atoms with Gasteiger partial charge in [0.05, 0.1) is 0 Å². The molecule has 1 aromatic rings. The van der Waals surface area contributed by atoms with Crippen LogP contribution in [0.4, 0.5) is 10.6 Å². The van der Waals surface area contributed by atoms with Crippen LogP contribution in [0, 0.1) is 0 Å². The number of hydrogen-bond donors (Lipinski definition) is 1. The zero-order chi connectivity index (χ0) is 16.4. The number of aromatic nitrogens is 2. The van der Waals surface area contributed by atoms with Gasteiger partial charge >= 0.3 is 6.09 Å². The molecule has 0 aliphatic rings. The van der Waals surface area contributed by atoms with E-state index < -0.39 is 9.89 Å². The van der Waals surface area contributed by atoms with Gasteiger partial charge in [-0.3, -0.25) is 10.00 Å². The molecule has 0 aliphatic carbocycles. The molecule has 0 aliphatic heterocycles. The molecule has 1 N–H and O–H groups in total.